The van der Waals surface area contributed by atoms with Gasteiger partial charge in [-0.25, -0.2) is 9.97 Å². The Morgan fingerprint density at radius 3 is 2.62 bits per heavy atom. The second-order valence-electron chi connectivity index (χ2n) is 6.03. The van der Waals surface area contributed by atoms with Crippen molar-refractivity contribution < 1.29 is 4.79 Å². The van der Waals surface area contributed by atoms with Crippen molar-refractivity contribution in [3.05, 3.63) is 46.6 Å². The number of thioether (sulfide) groups is 2. The Morgan fingerprint density at radius 1 is 1.19 bits per heavy atom. The zero-order valence-electron chi connectivity index (χ0n) is 15.3. The van der Waals surface area contributed by atoms with Crippen molar-refractivity contribution in [1.82, 2.24) is 14.9 Å². The van der Waals surface area contributed by atoms with Gasteiger partial charge in [-0.1, -0.05) is 23.9 Å². The third-order valence-electron chi connectivity index (χ3n) is 4.27. The van der Waals surface area contributed by atoms with Crippen molar-refractivity contribution in [2.24, 2.45) is 0 Å². The molecule has 0 aliphatic rings. The first-order chi connectivity index (χ1) is 12.5. The van der Waals surface area contributed by atoms with E-state index in [1.165, 1.54) is 27.1 Å². The first-order valence-electron chi connectivity index (χ1n) is 8.20. The van der Waals surface area contributed by atoms with Crippen LogP contribution in [0.3, 0.4) is 0 Å². The maximum atomic E-state index is 12.5. The first kappa shape index (κ1) is 19.2. The number of carbonyl (C=O) groups excluding carboxylic acids is 1. The number of hydrogen-bond donors (Lipinski definition) is 0. The Balaban J connectivity index is 1.64. The van der Waals surface area contributed by atoms with Gasteiger partial charge in [0, 0.05) is 28.8 Å². The Bertz CT molecular complexity index is 922. The Labute approximate surface area is 166 Å². The molecule has 0 spiro atoms. The van der Waals surface area contributed by atoms with Crippen molar-refractivity contribution in [3.8, 4) is 0 Å². The summed E-state index contributed by atoms with van der Waals surface area (Å²) in [6, 6.07) is 8.33. The van der Waals surface area contributed by atoms with E-state index in [4.69, 9.17) is 0 Å². The molecule has 136 valence electrons. The maximum absolute atomic E-state index is 12.5. The van der Waals surface area contributed by atoms with Crippen LogP contribution in [-0.2, 0) is 11.3 Å². The normalized spacial score (nSPS) is 11.1. The SMILES string of the molecule is CSc1ccc(CN(C)C(=O)CSc2ncnc3sc(C)c(C)c23)cc1. The molecule has 0 saturated heterocycles. The van der Waals surface area contributed by atoms with E-state index in [2.05, 4.69) is 54.3 Å². The van der Waals surface area contributed by atoms with E-state index >= 15 is 0 Å². The average Bonchev–Trinajstić information content (AvgIpc) is 2.95. The number of thiophene rings is 1. The molecule has 4 nitrogen and oxygen atoms in total. The number of aryl methyl sites for hydroxylation is 2. The minimum Gasteiger partial charge on any atom is -0.341 e. The molecule has 26 heavy (non-hydrogen) atoms. The van der Waals surface area contributed by atoms with Crippen molar-refractivity contribution in [3.63, 3.8) is 0 Å². The summed E-state index contributed by atoms with van der Waals surface area (Å²) in [5, 5.41) is 1.98. The number of benzene rings is 1. The highest BCUT2D eigenvalue weighted by Gasteiger charge is 2.15. The standard InChI is InChI=1S/C19H21N3OS3/c1-12-13(2)26-19-17(12)18(20-11-21-19)25-10-16(23)22(3)9-14-5-7-15(24-4)8-6-14/h5-8,11H,9-10H2,1-4H3. The van der Waals surface area contributed by atoms with E-state index in [0.29, 0.717) is 12.3 Å². The molecule has 7 heteroatoms. The minimum atomic E-state index is 0.0975. The molecule has 3 aromatic rings. The minimum absolute atomic E-state index is 0.0975. The predicted molar refractivity (Wildman–Crippen MR) is 112 cm³/mol. The van der Waals surface area contributed by atoms with Gasteiger partial charge in [0.1, 0.15) is 16.2 Å². The van der Waals surface area contributed by atoms with Crippen molar-refractivity contribution in [2.45, 2.75) is 30.3 Å². The van der Waals surface area contributed by atoms with Gasteiger partial charge in [-0.2, -0.15) is 0 Å². The van der Waals surface area contributed by atoms with Crippen LogP contribution in [0.2, 0.25) is 0 Å². The van der Waals surface area contributed by atoms with Gasteiger partial charge in [0.05, 0.1) is 5.75 Å². The highest BCUT2D eigenvalue weighted by molar-refractivity contribution is 8.00. The van der Waals surface area contributed by atoms with E-state index in [1.807, 2.05) is 7.05 Å². The van der Waals surface area contributed by atoms with Gasteiger partial charge in [-0.3, -0.25) is 4.79 Å². The third-order valence-corrected chi connectivity index (χ3v) is 7.10. The van der Waals surface area contributed by atoms with Gasteiger partial charge >= 0.3 is 0 Å². The summed E-state index contributed by atoms with van der Waals surface area (Å²) < 4.78 is 0. The summed E-state index contributed by atoms with van der Waals surface area (Å²) in [6.45, 7) is 4.80. The molecule has 0 fully saturated rings. The van der Waals surface area contributed by atoms with Crippen LogP contribution in [0.4, 0.5) is 0 Å². The predicted octanol–water partition coefficient (Wildman–Crippen LogP) is 4.78. The van der Waals surface area contributed by atoms with E-state index in [9.17, 15) is 4.79 Å². The molecule has 2 heterocycles. The van der Waals surface area contributed by atoms with E-state index in [1.54, 1.807) is 34.3 Å². The molecule has 1 amide bonds. The number of aromatic nitrogens is 2. The highest BCUT2D eigenvalue weighted by atomic mass is 32.2. The lowest BCUT2D eigenvalue weighted by Crippen LogP contribution is -2.27. The molecule has 0 unspecified atom stereocenters. The smallest absolute Gasteiger partial charge is 0.233 e. The van der Waals surface area contributed by atoms with Crippen molar-refractivity contribution in [1.29, 1.82) is 0 Å². The molecule has 0 saturated carbocycles. The first-order valence-corrected chi connectivity index (χ1v) is 11.2. The van der Waals surface area contributed by atoms with Gasteiger partial charge in [-0.05, 0) is 43.4 Å². The van der Waals surface area contributed by atoms with Gasteiger partial charge < -0.3 is 4.90 Å². The van der Waals surface area contributed by atoms with E-state index in [-0.39, 0.29) is 5.91 Å². The average molecular weight is 404 g/mol. The lowest BCUT2D eigenvalue weighted by molar-refractivity contribution is -0.127. The van der Waals surface area contributed by atoms with Crippen LogP contribution in [0.15, 0.2) is 40.5 Å². The van der Waals surface area contributed by atoms with Gasteiger partial charge in [-0.15, -0.1) is 23.1 Å². The number of carbonyl (C=O) groups is 1. The van der Waals surface area contributed by atoms with Crippen molar-refractivity contribution in [2.75, 3.05) is 19.1 Å². The van der Waals surface area contributed by atoms with Gasteiger partial charge in [0.2, 0.25) is 5.91 Å². The third kappa shape index (κ3) is 4.22. The monoisotopic (exact) mass is 403 g/mol. The molecule has 0 N–H and O–H groups in total. The zero-order valence-corrected chi connectivity index (χ0v) is 17.7. The second-order valence-corrected chi connectivity index (χ2v) is 9.08. The fourth-order valence-corrected chi connectivity index (χ4v) is 5.06. The molecule has 0 atom stereocenters. The number of nitrogens with zero attached hydrogens (tertiary/aromatic N) is 3. The van der Waals surface area contributed by atoms with Gasteiger partial charge in [0.15, 0.2) is 0 Å². The molecule has 2 aromatic heterocycles. The molecular weight excluding hydrogens is 382 g/mol. The Hall–Kier alpha value is -1.57. The number of amides is 1. The molecule has 0 radical (unpaired) electrons. The fourth-order valence-electron chi connectivity index (χ4n) is 2.59. The zero-order chi connectivity index (χ0) is 18.7. The van der Waals surface area contributed by atoms with Crippen LogP contribution in [0.5, 0.6) is 0 Å². The Morgan fingerprint density at radius 2 is 1.92 bits per heavy atom. The maximum Gasteiger partial charge on any atom is 0.233 e. The van der Waals surface area contributed by atoms with Crippen LogP contribution in [0.1, 0.15) is 16.0 Å². The fraction of sp³-hybridized carbons (Fsp3) is 0.316. The summed E-state index contributed by atoms with van der Waals surface area (Å²) in [7, 11) is 1.85. The van der Waals surface area contributed by atoms with E-state index < -0.39 is 0 Å². The molecule has 1 aromatic carbocycles. The van der Waals surface area contributed by atoms with Crippen LogP contribution in [0, 0.1) is 13.8 Å². The summed E-state index contributed by atoms with van der Waals surface area (Å²) in [5.41, 5.74) is 2.35. The number of rotatable bonds is 6. The summed E-state index contributed by atoms with van der Waals surface area (Å²) >= 11 is 4.89. The van der Waals surface area contributed by atoms with Gasteiger partial charge in [0.25, 0.3) is 0 Å². The summed E-state index contributed by atoms with van der Waals surface area (Å²) in [5.74, 6) is 0.472. The van der Waals surface area contributed by atoms with Crippen LogP contribution < -0.4 is 0 Å². The largest absolute Gasteiger partial charge is 0.341 e. The van der Waals surface area contributed by atoms with Crippen LogP contribution in [-0.4, -0.2) is 39.8 Å². The molecule has 3 rings (SSSR count). The topological polar surface area (TPSA) is 46.1 Å². The quantitative estimate of drug-likeness (QED) is 0.438. The number of fused-ring (bicyclic) bond motifs is 1. The highest BCUT2D eigenvalue weighted by Crippen LogP contribution is 2.34. The number of hydrogen-bond acceptors (Lipinski definition) is 6. The Kier molecular flexibility index (Phi) is 6.21. The van der Waals surface area contributed by atoms with E-state index in [0.717, 1.165) is 20.8 Å². The second kappa shape index (κ2) is 8.41. The lowest BCUT2D eigenvalue weighted by Gasteiger charge is -2.17. The summed E-state index contributed by atoms with van der Waals surface area (Å²) in [6.07, 6.45) is 3.64. The van der Waals surface area contributed by atoms with Crippen LogP contribution >= 0.6 is 34.9 Å². The lowest BCUT2D eigenvalue weighted by atomic mass is 10.2. The molecule has 0 bridgehead atoms. The summed E-state index contributed by atoms with van der Waals surface area (Å²) in [4.78, 5) is 26.5. The van der Waals surface area contributed by atoms with Crippen molar-refractivity contribution >= 4 is 51.0 Å². The molecule has 0 aliphatic heterocycles. The molecule has 0 aliphatic carbocycles. The molecular formula is C19H21N3OS3. The van der Waals surface area contributed by atoms with Crippen LogP contribution in [0.25, 0.3) is 10.2 Å².